The van der Waals surface area contributed by atoms with Gasteiger partial charge in [-0.15, -0.1) is 0 Å². The van der Waals surface area contributed by atoms with E-state index >= 15 is 0 Å². The van der Waals surface area contributed by atoms with Crippen molar-refractivity contribution >= 4 is 5.82 Å². The molecule has 1 aromatic heterocycles. The average Bonchev–Trinajstić information content (AvgIpc) is 2.47. The highest BCUT2D eigenvalue weighted by atomic mass is 15.2. The molecule has 4 nitrogen and oxygen atoms in total. The molecule has 102 valence electrons. The third kappa shape index (κ3) is 2.71. The Labute approximate surface area is 115 Å². The Morgan fingerprint density at radius 2 is 1.95 bits per heavy atom. The van der Waals surface area contributed by atoms with Crippen LogP contribution in [0, 0.1) is 11.3 Å². The minimum absolute atomic E-state index is 0.276. The average molecular weight is 258 g/mol. The summed E-state index contributed by atoms with van der Waals surface area (Å²) in [4.78, 5) is 8.72. The Morgan fingerprint density at radius 3 is 2.42 bits per heavy atom. The number of hydrogen-bond donors (Lipinski definition) is 0. The molecule has 0 radical (unpaired) electrons. The van der Waals surface area contributed by atoms with Gasteiger partial charge in [0.1, 0.15) is 11.4 Å². The van der Waals surface area contributed by atoms with Crippen LogP contribution in [0.2, 0.25) is 0 Å². The van der Waals surface area contributed by atoms with Gasteiger partial charge in [-0.05, 0) is 51.9 Å². The second-order valence-electron chi connectivity index (χ2n) is 5.57. The van der Waals surface area contributed by atoms with Gasteiger partial charge in [-0.2, -0.15) is 5.26 Å². The fourth-order valence-corrected chi connectivity index (χ4v) is 2.88. The van der Waals surface area contributed by atoms with Crippen LogP contribution in [0.4, 0.5) is 5.82 Å². The van der Waals surface area contributed by atoms with Crippen molar-refractivity contribution in [3.05, 3.63) is 24.4 Å². The SMILES string of the molecule is CN(c1ccccn1)C1CCC(C#N)(N(C)C)CC1. The summed E-state index contributed by atoms with van der Waals surface area (Å²) in [5.74, 6) is 1.02. The van der Waals surface area contributed by atoms with Crippen LogP contribution in [0.5, 0.6) is 0 Å². The van der Waals surface area contributed by atoms with Crippen molar-refractivity contribution in [3.8, 4) is 6.07 Å². The molecule has 0 spiro atoms. The van der Waals surface area contributed by atoms with Gasteiger partial charge in [0.15, 0.2) is 0 Å². The van der Waals surface area contributed by atoms with Gasteiger partial charge < -0.3 is 4.90 Å². The maximum atomic E-state index is 9.44. The molecule has 0 bridgehead atoms. The first-order chi connectivity index (χ1) is 9.09. The lowest BCUT2D eigenvalue weighted by Crippen LogP contribution is -2.49. The zero-order valence-electron chi connectivity index (χ0n) is 12.0. The second kappa shape index (κ2) is 5.58. The quantitative estimate of drug-likeness (QED) is 0.834. The minimum Gasteiger partial charge on any atom is -0.357 e. The number of nitriles is 1. The van der Waals surface area contributed by atoms with Gasteiger partial charge in [-0.3, -0.25) is 4.90 Å². The smallest absolute Gasteiger partial charge is 0.128 e. The first-order valence-electron chi connectivity index (χ1n) is 6.81. The lowest BCUT2D eigenvalue weighted by Gasteiger charge is -2.42. The van der Waals surface area contributed by atoms with Crippen molar-refractivity contribution in [3.63, 3.8) is 0 Å². The molecule has 0 saturated heterocycles. The van der Waals surface area contributed by atoms with Crippen LogP contribution in [-0.2, 0) is 0 Å². The third-order valence-corrected chi connectivity index (χ3v) is 4.40. The normalized spacial score (nSPS) is 27.0. The molecule has 1 aliphatic rings. The van der Waals surface area contributed by atoms with Crippen LogP contribution < -0.4 is 4.90 Å². The molecule has 19 heavy (non-hydrogen) atoms. The van der Waals surface area contributed by atoms with Crippen LogP contribution >= 0.6 is 0 Å². The van der Waals surface area contributed by atoms with Crippen molar-refractivity contribution in [2.24, 2.45) is 0 Å². The highest BCUT2D eigenvalue weighted by molar-refractivity contribution is 5.38. The Balaban J connectivity index is 2.03. The molecular weight excluding hydrogens is 236 g/mol. The maximum absolute atomic E-state index is 9.44. The van der Waals surface area contributed by atoms with Crippen molar-refractivity contribution in [1.82, 2.24) is 9.88 Å². The van der Waals surface area contributed by atoms with E-state index < -0.39 is 0 Å². The van der Waals surface area contributed by atoms with E-state index in [0.717, 1.165) is 31.5 Å². The summed E-state index contributed by atoms with van der Waals surface area (Å²) in [7, 11) is 6.11. The van der Waals surface area contributed by atoms with E-state index in [1.54, 1.807) is 0 Å². The molecule has 2 rings (SSSR count). The summed E-state index contributed by atoms with van der Waals surface area (Å²) in [5, 5.41) is 9.44. The van der Waals surface area contributed by atoms with Crippen LogP contribution in [-0.4, -0.2) is 42.6 Å². The van der Waals surface area contributed by atoms with Gasteiger partial charge in [0.2, 0.25) is 0 Å². The molecule has 1 aromatic rings. The monoisotopic (exact) mass is 258 g/mol. The van der Waals surface area contributed by atoms with Crippen LogP contribution in [0.15, 0.2) is 24.4 Å². The Bertz CT molecular complexity index is 441. The molecule has 0 N–H and O–H groups in total. The highest BCUT2D eigenvalue weighted by Gasteiger charge is 2.38. The molecular formula is C15H22N4. The van der Waals surface area contributed by atoms with Crippen molar-refractivity contribution in [1.29, 1.82) is 5.26 Å². The van der Waals surface area contributed by atoms with E-state index in [1.165, 1.54) is 0 Å². The van der Waals surface area contributed by atoms with Crippen molar-refractivity contribution < 1.29 is 0 Å². The standard InChI is InChI=1S/C15H22N4/c1-18(2)15(12-16)9-7-13(8-10-15)19(3)14-6-4-5-11-17-14/h4-6,11,13H,7-10H2,1-3H3. The molecule has 1 saturated carbocycles. The Kier molecular flexibility index (Phi) is 4.06. The lowest BCUT2D eigenvalue weighted by atomic mass is 9.79. The zero-order chi connectivity index (χ0) is 13.9. The summed E-state index contributed by atoms with van der Waals surface area (Å²) >= 11 is 0. The molecule has 1 fully saturated rings. The fraction of sp³-hybridized carbons (Fsp3) is 0.600. The fourth-order valence-electron chi connectivity index (χ4n) is 2.88. The topological polar surface area (TPSA) is 43.2 Å². The summed E-state index contributed by atoms with van der Waals surface area (Å²) in [5.41, 5.74) is -0.276. The zero-order valence-corrected chi connectivity index (χ0v) is 12.0. The number of rotatable bonds is 3. The molecule has 1 heterocycles. The molecule has 0 unspecified atom stereocenters. The first kappa shape index (κ1) is 13.8. The Hall–Kier alpha value is -1.60. The van der Waals surface area contributed by atoms with Crippen molar-refractivity contribution in [2.75, 3.05) is 26.0 Å². The Morgan fingerprint density at radius 1 is 1.26 bits per heavy atom. The summed E-state index contributed by atoms with van der Waals surface area (Å²) in [6.45, 7) is 0. The van der Waals surface area contributed by atoms with E-state index in [4.69, 9.17) is 0 Å². The molecule has 0 atom stereocenters. The highest BCUT2D eigenvalue weighted by Crippen LogP contribution is 2.34. The number of aromatic nitrogens is 1. The number of anilines is 1. The van der Waals surface area contributed by atoms with E-state index in [0.29, 0.717) is 6.04 Å². The molecule has 1 aliphatic carbocycles. The van der Waals surface area contributed by atoms with Crippen LogP contribution in [0.1, 0.15) is 25.7 Å². The van der Waals surface area contributed by atoms with Gasteiger partial charge in [-0.1, -0.05) is 6.07 Å². The summed E-state index contributed by atoms with van der Waals surface area (Å²) < 4.78 is 0. The van der Waals surface area contributed by atoms with Gasteiger partial charge >= 0.3 is 0 Å². The number of nitrogens with zero attached hydrogens (tertiary/aromatic N) is 4. The predicted molar refractivity (Wildman–Crippen MR) is 76.9 cm³/mol. The number of pyridine rings is 1. The van der Waals surface area contributed by atoms with E-state index in [-0.39, 0.29) is 5.54 Å². The summed E-state index contributed by atoms with van der Waals surface area (Å²) in [6.07, 6.45) is 5.77. The van der Waals surface area contributed by atoms with Crippen molar-refractivity contribution in [2.45, 2.75) is 37.3 Å². The molecule has 4 heteroatoms. The second-order valence-corrected chi connectivity index (χ2v) is 5.57. The van der Waals surface area contributed by atoms with Gasteiger partial charge in [0.25, 0.3) is 0 Å². The summed E-state index contributed by atoms with van der Waals surface area (Å²) in [6, 6.07) is 8.98. The van der Waals surface area contributed by atoms with Gasteiger partial charge in [-0.25, -0.2) is 4.98 Å². The van der Waals surface area contributed by atoms with Gasteiger partial charge in [0, 0.05) is 19.3 Å². The van der Waals surface area contributed by atoms with Gasteiger partial charge in [0.05, 0.1) is 6.07 Å². The largest absolute Gasteiger partial charge is 0.357 e. The first-order valence-corrected chi connectivity index (χ1v) is 6.81. The van der Waals surface area contributed by atoms with E-state index in [1.807, 2.05) is 38.5 Å². The van der Waals surface area contributed by atoms with E-state index in [2.05, 4.69) is 27.9 Å². The predicted octanol–water partition coefficient (Wildman–Crippen LogP) is 2.28. The molecule has 0 aliphatic heterocycles. The third-order valence-electron chi connectivity index (χ3n) is 4.40. The minimum atomic E-state index is -0.276. The van der Waals surface area contributed by atoms with Crippen LogP contribution in [0.3, 0.4) is 0 Å². The molecule has 0 aromatic carbocycles. The number of hydrogen-bond acceptors (Lipinski definition) is 4. The van der Waals surface area contributed by atoms with E-state index in [9.17, 15) is 5.26 Å². The maximum Gasteiger partial charge on any atom is 0.128 e. The lowest BCUT2D eigenvalue weighted by molar-refractivity contribution is 0.148. The van der Waals surface area contributed by atoms with Crippen LogP contribution in [0.25, 0.3) is 0 Å². The molecule has 0 amide bonds.